The van der Waals surface area contributed by atoms with Crippen molar-refractivity contribution in [3.05, 3.63) is 30.1 Å². The maximum absolute atomic E-state index is 11.3. The molecule has 0 radical (unpaired) electrons. The number of carbonyl (C=O) groups excluding carboxylic acids is 1. The minimum Gasteiger partial charge on any atom is -0.293 e. The molecule has 0 bridgehead atoms. The van der Waals surface area contributed by atoms with Gasteiger partial charge < -0.3 is 0 Å². The van der Waals surface area contributed by atoms with Crippen molar-refractivity contribution in [2.75, 3.05) is 0 Å². The molecular formula is C10H9NO. The molecule has 60 valence electrons. The minimum atomic E-state index is 0.0254. The van der Waals surface area contributed by atoms with E-state index in [2.05, 4.69) is 16.8 Å². The summed E-state index contributed by atoms with van der Waals surface area (Å²) >= 11 is 0. The Morgan fingerprint density at radius 1 is 1.67 bits per heavy atom. The zero-order chi connectivity index (χ0) is 8.81. The molecule has 0 fully saturated rings. The fourth-order valence-corrected chi connectivity index (χ4v) is 0.798. The number of nitrogens with zero attached hydrogens (tertiary/aromatic N) is 1. The van der Waals surface area contributed by atoms with Crippen molar-refractivity contribution in [2.45, 2.75) is 13.3 Å². The minimum absolute atomic E-state index is 0.0254. The molecule has 0 amide bonds. The van der Waals surface area contributed by atoms with Crippen molar-refractivity contribution in [3.8, 4) is 11.8 Å². The Morgan fingerprint density at radius 3 is 3.08 bits per heavy atom. The van der Waals surface area contributed by atoms with Gasteiger partial charge in [0.1, 0.15) is 0 Å². The molecule has 0 unspecified atom stereocenters. The van der Waals surface area contributed by atoms with Crippen molar-refractivity contribution in [2.24, 2.45) is 0 Å². The van der Waals surface area contributed by atoms with Gasteiger partial charge in [0.05, 0.1) is 6.42 Å². The molecule has 0 aromatic carbocycles. The number of Topliss-reactive ketones (excluding diaryl/α,β-unsaturated/α-hetero) is 1. The highest BCUT2D eigenvalue weighted by Gasteiger charge is 2.01. The first kappa shape index (κ1) is 8.48. The SMILES string of the molecule is CC#CCC(=O)c1cccnc1. The van der Waals surface area contributed by atoms with E-state index in [1.165, 1.54) is 0 Å². The zero-order valence-electron chi connectivity index (χ0n) is 6.87. The second kappa shape index (κ2) is 4.30. The zero-order valence-corrected chi connectivity index (χ0v) is 6.87. The molecule has 0 aliphatic heterocycles. The molecule has 0 saturated carbocycles. The van der Waals surface area contributed by atoms with Gasteiger partial charge >= 0.3 is 0 Å². The molecule has 0 saturated heterocycles. The summed E-state index contributed by atoms with van der Waals surface area (Å²) < 4.78 is 0. The van der Waals surface area contributed by atoms with Gasteiger partial charge in [-0.15, -0.1) is 5.92 Å². The highest BCUT2D eigenvalue weighted by Crippen LogP contribution is 1.99. The van der Waals surface area contributed by atoms with E-state index in [-0.39, 0.29) is 12.2 Å². The quantitative estimate of drug-likeness (QED) is 0.485. The number of pyridine rings is 1. The van der Waals surface area contributed by atoms with Gasteiger partial charge in [0, 0.05) is 18.0 Å². The lowest BCUT2D eigenvalue weighted by molar-refractivity contribution is 0.0998. The van der Waals surface area contributed by atoms with Crippen LogP contribution in [0.1, 0.15) is 23.7 Å². The fourth-order valence-electron chi connectivity index (χ4n) is 0.798. The molecule has 0 N–H and O–H groups in total. The van der Waals surface area contributed by atoms with Crippen LogP contribution in [0.2, 0.25) is 0 Å². The van der Waals surface area contributed by atoms with Gasteiger partial charge in [0.25, 0.3) is 0 Å². The molecule has 1 aromatic rings. The largest absolute Gasteiger partial charge is 0.293 e. The summed E-state index contributed by atoms with van der Waals surface area (Å²) in [5.41, 5.74) is 0.625. The van der Waals surface area contributed by atoms with Crippen molar-refractivity contribution in [3.63, 3.8) is 0 Å². The average molecular weight is 159 g/mol. The number of aromatic nitrogens is 1. The van der Waals surface area contributed by atoms with E-state index >= 15 is 0 Å². The molecular weight excluding hydrogens is 150 g/mol. The Morgan fingerprint density at radius 2 is 2.50 bits per heavy atom. The molecule has 0 aliphatic rings. The van der Waals surface area contributed by atoms with Crippen LogP contribution in [-0.2, 0) is 0 Å². The number of carbonyl (C=O) groups is 1. The summed E-state index contributed by atoms with van der Waals surface area (Å²) in [5.74, 6) is 5.42. The molecule has 0 aliphatic carbocycles. The summed E-state index contributed by atoms with van der Waals surface area (Å²) in [4.78, 5) is 15.1. The van der Waals surface area contributed by atoms with Crippen LogP contribution in [-0.4, -0.2) is 10.8 Å². The topological polar surface area (TPSA) is 30.0 Å². The monoisotopic (exact) mass is 159 g/mol. The molecule has 12 heavy (non-hydrogen) atoms. The predicted octanol–water partition coefficient (Wildman–Crippen LogP) is 1.68. The van der Waals surface area contributed by atoms with Crippen LogP contribution in [0.25, 0.3) is 0 Å². The van der Waals surface area contributed by atoms with Crippen molar-refractivity contribution >= 4 is 5.78 Å². The maximum Gasteiger partial charge on any atom is 0.176 e. The van der Waals surface area contributed by atoms with E-state index < -0.39 is 0 Å². The first-order valence-corrected chi connectivity index (χ1v) is 3.67. The maximum atomic E-state index is 11.3. The van der Waals surface area contributed by atoms with Gasteiger partial charge in [-0.2, -0.15) is 0 Å². The van der Waals surface area contributed by atoms with Crippen LogP contribution in [0.3, 0.4) is 0 Å². The van der Waals surface area contributed by atoms with Crippen LogP contribution in [0.5, 0.6) is 0 Å². The van der Waals surface area contributed by atoms with Crippen molar-refractivity contribution in [1.82, 2.24) is 4.98 Å². The summed E-state index contributed by atoms with van der Waals surface area (Å²) in [5, 5.41) is 0. The van der Waals surface area contributed by atoms with Gasteiger partial charge in [0.15, 0.2) is 5.78 Å². The van der Waals surface area contributed by atoms with Gasteiger partial charge in [-0.25, -0.2) is 0 Å². The summed E-state index contributed by atoms with van der Waals surface area (Å²) in [6.07, 6.45) is 3.48. The highest BCUT2D eigenvalue weighted by atomic mass is 16.1. The predicted molar refractivity (Wildman–Crippen MR) is 46.6 cm³/mol. The molecule has 2 nitrogen and oxygen atoms in total. The smallest absolute Gasteiger partial charge is 0.176 e. The summed E-state index contributed by atoms with van der Waals surface area (Å²) in [7, 11) is 0. The van der Waals surface area contributed by atoms with Crippen molar-refractivity contribution < 1.29 is 4.79 Å². The molecule has 0 spiro atoms. The lowest BCUT2D eigenvalue weighted by Gasteiger charge is -1.92. The van der Waals surface area contributed by atoms with Crippen LogP contribution < -0.4 is 0 Å². The summed E-state index contributed by atoms with van der Waals surface area (Å²) in [6, 6.07) is 3.49. The fraction of sp³-hybridized carbons (Fsp3) is 0.200. The van der Waals surface area contributed by atoms with E-state index in [0.717, 1.165) is 0 Å². The molecule has 1 rings (SSSR count). The van der Waals surface area contributed by atoms with Gasteiger partial charge in [0.2, 0.25) is 0 Å². The first-order chi connectivity index (χ1) is 5.84. The number of hydrogen-bond donors (Lipinski definition) is 0. The Balaban J connectivity index is 2.70. The van der Waals surface area contributed by atoms with E-state index in [1.807, 2.05) is 0 Å². The second-order valence-corrected chi connectivity index (χ2v) is 2.27. The van der Waals surface area contributed by atoms with Crippen LogP contribution in [0, 0.1) is 11.8 Å². The van der Waals surface area contributed by atoms with Crippen LogP contribution in [0.15, 0.2) is 24.5 Å². The standard InChI is InChI=1S/C10H9NO/c1-2-3-6-10(12)9-5-4-7-11-8-9/h4-5,7-8H,6H2,1H3. The lowest BCUT2D eigenvalue weighted by Crippen LogP contribution is -1.96. The van der Waals surface area contributed by atoms with E-state index in [0.29, 0.717) is 5.56 Å². The highest BCUT2D eigenvalue weighted by molar-refractivity contribution is 5.97. The van der Waals surface area contributed by atoms with Crippen LogP contribution in [0.4, 0.5) is 0 Å². The Kier molecular flexibility index (Phi) is 3.04. The average Bonchev–Trinajstić information content (AvgIpc) is 2.15. The molecule has 1 aromatic heterocycles. The number of rotatable bonds is 2. The first-order valence-electron chi connectivity index (χ1n) is 3.67. The van der Waals surface area contributed by atoms with Gasteiger partial charge in [-0.3, -0.25) is 9.78 Å². The second-order valence-electron chi connectivity index (χ2n) is 2.27. The Bertz CT molecular complexity index is 319. The number of hydrogen-bond acceptors (Lipinski definition) is 2. The summed E-state index contributed by atoms with van der Waals surface area (Å²) in [6.45, 7) is 1.72. The normalized spacial score (nSPS) is 8.42. The Hall–Kier alpha value is -1.62. The molecule has 0 atom stereocenters. The van der Waals surface area contributed by atoms with E-state index in [4.69, 9.17) is 0 Å². The lowest BCUT2D eigenvalue weighted by atomic mass is 10.1. The van der Waals surface area contributed by atoms with E-state index in [9.17, 15) is 4.79 Å². The molecule has 2 heteroatoms. The van der Waals surface area contributed by atoms with E-state index in [1.54, 1.807) is 31.5 Å². The third-order valence-corrected chi connectivity index (χ3v) is 1.41. The van der Waals surface area contributed by atoms with Gasteiger partial charge in [-0.1, -0.05) is 5.92 Å². The van der Waals surface area contributed by atoms with Gasteiger partial charge in [-0.05, 0) is 19.1 Å². The third-order valence-electron chi connectivity index (χ3n) is 1.41. The molecule has 1 heterocycles. The third kappa shape index (κ3) is 2.21. The Labute approximate surface area is 71.6 Å². The van der Waals surface area contributed by atoms with Crippen molar-refractivity contribution in [1.29, 1.82) is 0 Å². The van der Waals surface area contributed by atoms with Crippen LogP contribution >= 0.6 is 0 Å². The number of ketones is 1.